The van der Waals surface area contributed by atoms with E-state index in [-0.39, 0.29) is 18.5 Å². The molecule has 1 N–H and O–H groups in total. The van der Waals surface area contributed by atoms with Gasteiger partial charge in [-0.1, -0.05) is 61.3 Å². The first-order valence-corrected chi connectivity index (χ1v) is 13.9. The van der Waals surface area contributed by atoms with Crippen LogP contribution in [0.25, 0.3) is 0 Å². The van der Waals surface area contributed by atoms with E-state index in [9.17, 15) is 18.0 Å². The summed E-state index contributed by atoms with van der Waals surface area (Å²) in [5.41, 5.74) is 0.804. The normalized spacial score (nSPS) is 13.2. The van der Waals surface area contributed by atoms with E-state index in [1.165, 1.54) is 19.0 Å². The Hall–Kier alpha value is -2.33. The molecule has 0 fully saturated rings. The fourth-order valence-electron chi connectivity index (χ4n) is 3.53. The molecular formula is C25H34Cl2N4O4S. The highest BCUT2D eigenvalue weighted by molar-refractivity contribution is 7.90. The van der Waals surface area contributed by atoms with Crippen molar-refractivity contribution in [3.05, 3.63) is 64.1 Å². The van der Waals surface area contributed by atoms with Gasteiger partial charge in [-0.15, -0.1) is 0 Å². The van der Waals surface area contributed by atoms with Crippen LogP contribution in [0.5, 0.6) is 0 Å². The van der Waals surface area contributed by atoms with Gasteiger partial charge in [0.2, 0.25) is 11.8 Å². The van der Waals surface area contributed by atoms with Gasteiger partial charge in [-0.05, 0) is 44.0 Å². The molecule has 2 rings (SSSR count). The second-order valence-electron chi connectivity index (χ2n) is 8.60. The molecule has 0 heterocycles. The maximum atomic E-state index is 13.8. The van der Waals surface area contributed by atoms with Crippen molar-refractivity contribution in [2.24, 2.45) is 0 Å². The summed E-state index contributed by atoms with van der Waals surface area (Å²) in [5.74, 6) is -0.892. The molecule has 0 spiro atoms. The van der Waals surface area contributed by atoms with Gasteiger partial charge in [-0.2, -0.15) is 12.7 Å². The second kappa shape index (κ2) is 13.3. The van der Waals surface area contributed by atoms with E-state index >= 15 is 0 Å². The molecule has 0 aliphatic rings. The van der Waals surface area contributed by atoms with Gasteiger partial charge in [0.15, 0.2) is 0 Å². The molecule has 2 aromatic rings. The van der Waals surface area contributed by atoms with Crippen LogP contribution in [0.3, 0.4) is 0 Å². The molecule has 0 saturated carbocycles. The van der Waals surface area contributed by atoms with Gasteiger partial charge in [0.05, 0.1) is 5.69 Å². The van der Waals surface area contributed by atoms with Crippen LogP contribution in [-0.2, 0) is 26.3 Å². The first-order chi connectivity index (χ1) is 16.9. The van der Waals surface area contributed by atoms with Gasteiger partial charge in [-0.3, -0.25) is 9.59 Å². The second-order valence-corrected chi connectivity index (χ2v) is 11.5. The monoisotopic (exact) mass is 556 g/mol. The van der Waals surface area contributed by atoms with E-state index in [4.69, 9.17) is 23.2 Å². The highest BCUT2D eigenvalue weighted by atomic mass is 35.5. The molecule has 2 atom stereocenters. The molecule has 0 aliphatic carbocycles. The molecule has 0 aromatic heterocycles. The molecule has 2 amide bonds. The lowest BCUT2D eigenvalue weighted by atomic mass is 10.1. The predicted octanol–water partition coefficient (Wildman–Crippen LogP) is 4.33. The van der Waals surface area contributed by atoms with Gasteiger partial charge in [-0.25, -0.2) is 4.31 Å². The summed E-state index contributed by atoms with van der Waals surface area (Å²) in [6.07, 6.45) is 1.02. The minimum atomic E-state index is -4.02. The molecule has 36 heavy (non-hydrogen) atoms. The number of nitrogens with zero attached hydrogens (tertiary/aromatic N) is 3. The Kier molecular flexibility index (Phi) is 11.0. The van der Waals surface area contributed by atoms with E-state index in [1.54, 1.807) is 55.5 Å². The number of anilines is 1. The van der Waals surface area contributed by atoms with Crippen LogP contribution in [-0.4, -0.2) is 62.2 Å². The molecule has 0 bridgehead atoms. The third-order valence-electron chi connectivity index (χ3n) is 5.84. The summed E-state index contributed by atoms with van der Waals surface area (Å²) in [7, 11) is -1.23. The van der Waals surface area contributed by atoms with E-state index in [2.05, 4.69) is 5.32 Å². The molecular weight excluding hydrogens is 523 g/mol. The van der Waals surface area contributed by atoms with Crippen LogP contribution >= 0.6 is 23.2 Å². The quantitative estimate of drug-likeness (QED) is 0.421. The van der Waals surface area contributed by atoms with Crippen molar-refractivity contribution in [1.29, 1.82) is 0 Å². The number of para-hydroxylation sites is 1. The van der Waals surface area contributed by atoms with Crippen LogP contribution in [0.2, 0.25) is 10.0 Å². The molecule has 11 heteroatoms. The Labute approximate surface area is 224 Å². The average Bonchev–Trinajstić information content (AvgIpc) is 2.84. The standard InChI is InChI=1S/C25H34Cl2N4O4S/c1-6-18(3)28-25(33)23(7-2)30(16-20-21(26)14-11-15-22(20)27)24(32)17-31(36(34,35)29(4)5)19-12-9-8-10-13-19/h8-15,18,23H,6-7,16-17H2,1-5H3,(H,28,33)/t18-,23+/m0/s1. The fraction of sp³-hybridized carbons (Fsp3) is 0.440. The van der Waals surface area contributed by atoms with Crippen LogP contribution < -0.4 is 9.62 Å². The van der Waals surface area contributed by atoms with Gasteiger partial charge in [0, 0.05) is 42.3 Å². The van der Waals surface area contributed by atoms with Crippen LogP contribution in [0, 0.1) is 0 Å². The minimum absolute atomic E-state index is 0.0611. The highest BCUT2D eigenvalue weighted by Crippen LogP contribution is 2.28. The Morgan fingerprint density at radius 3 is 2.03 bits per heavy atom. The van der Waals surface area contributed by atoms with Gasteiger partial charge < -0.3 is 10.2 Å². The Balaban J connectivity index is 2.54. The van der Waals surface area contributed by atoms with Gasteiger partial charge in [0.25, 0.3) is 0 Å². The number of nitrogens with one attached hydrogen (secondary N) is 1. The number of benzene rings is 2. The van der Waals surface area contributed by atoms with Crippen molar-refractivity contribution in [3.8, 4) is 0 Å². The lowest BCUT2D eigenvalue weighted by molar-refractivity contribution is -0.140. The molecule has 2 aromatic carbocycles. The summed E-state index contributed by atoms with van der Waals surface area (Å²) >= 11 is 12.8. The van der Waals surface area contributed by atoms with E-state index < -0.39 is 28.7 Å². The van der Waals surface area contributed by atoms with Crippen LogP contribution in [0.1, 0.15) is 39.2 Å². The van der Waals surface area contributed by atoms with Gasteiger partial charge in [0.1, 0.15) is 12.6 Å². The summed E-state index contributed by atoms with van der Waals surface area (Å²) in [6.45, 7) is 5.04. The smallest absolute Gasteiger partial charge is 0.304 e. The lowest BCUT2D eigenvalue weighted by Crippen LogP contribution is -2.54. The number of amides is 2. The first-order valence-electron chi connectivity index (χ1n) is 11.7. The van der Waals surface area contributed by atoms with E-state index in [0.717, 1.165) is 15.0 Å². The van der Waals surface area contributed by atoms with Crippen molar-refractivity contribution >= 4 is 50.9 Å². The van der Waals surface area contributed by atoms with Crippen molar-refractivity contribution in [2.75, 3.05) is 24.9 Å². The zero-order chi connectivity index (χ0) is 27.0. The highest BCUT2D eigenvalue weighted by Gasteiger charge is 2.34. The maximum absolute atomic E-state index is 13.8. The number of hydrogen-bond acceptors (Lipinski definition) is 4. The van der Waals surface area contributed by atoms with Crippen LogP contribution in [0.15, 0.2) is 48.5 Å². The number of rotatable bonds is 12. The summed E-state index contributed by atoms with van der Waals surface area (Å²) in [5, 5.41) is 3.62. The maximum Gasteiger partial charge on any atom is 0.304 e. The Morgan fingerprint density at radius 1 is 0.944 bits per heavy atom. The van der Waals surface area contributed by atoms with Crippen molar-refractivity contribution in [1.82, 2.24) is 14.5 Å². The van der Waals surface area contributed by atoms with Crippen LogP contribution in [0.4, 0.5) is 5.69 Å². The van der Waals surface area contributed by atoms with Crippen molar-refractivity contribution < 1.29 is 18.0 Å². The molecule has 198 valence electrons. The first kappa shape index (κ1) is 29.9. The third-order valence-corrected chi connectivity index (χ3v) is 8.37. The SMILES string of the molecule is CC[C@H](C(=O)N[C@@H](C)CC)N(Cc1c(Cl)cccc1Cl)C(=O)CN(c1ccccc1)S(=O)(=O)N(C)C. The van der Waals surface area contributed by atoms with E-state index in [1.807, 2.05) is 13.8 Å². The summed E-state index contributed by atoms with van der Waals surface area (Å²) in [6, 6.07) is 12.4. The summed E-state index contributed by atoms with van der Waals surface area (Å²) < 4.78 is 28.4. The zero-order valence-electron chi connectivity index (χ0n) is 21.2. The number of halogens is 2. The zero-order valence-corrected chi connectivity index (χ0v) is 23.6. The van der Waals surface area contributed by atoms with Crippen molar-refractivity contribution in [3.63, 3.8) is 0 Å². The predicted molar refractivity (Wildman–Crippen MR) is 145 cm³/mol. The topological polar surface area (TPSA) is 90.0 Å². The molecule has 0 radical (unpaired) electrons. The Bertz CT molecular complexity index is 1130. The minimum Gasteiger partial charge on any atom is -0.352 e. The van der Waals surface area contributed by atoms with Gasteiger partial charge >= 0.3 is 10.2 Å². The molecule has 0 aliphatic heterocycles. The van der Waals surface area contributed by atoms with Crippen molar-refractivity contribution in [2.45, 2.75) is 52.2 Å². The third kappa shape index (κ3) is 7.35. The van der Waals surface area contributed by atoms with E-state index in [0.29, 0.717) is 27.7 Å². The number of hydrogen-bond donors (Lipinski definition) is 1. The number of carbonyl (C=O) groups excluding carboxylic acids is 2. The molecule has 0 saturated heterocycles. The average molecular weight is 558 g/mol. The number of carbonyl (C=O) groups is 2. The molecule has 0 unspecified atom stereocenters. The fourth-order valence-corrected chi connectivity index (χ4v) is 5.10. The largest absolute Gasteiger partial charge is 0.352 e. The lowest BCUT2D eigenvalue weighted by Gasteiger charge is -2.34. The molecule has 8 nitrogen and oxygen atoms in total. The summed E-state index contributed by atoms with van der Waals surface area (Å²) in [4.78, 5) is 28.4. The Morgan fingerprint density at radius 2 is 1.53 bits per heavy atom.